The summed E-state index contributed by atoms with van der Waals surface area (Å²) in [6.45, 7) is 3.49. The second kappa shape index (κ2) is 8.23. The molecule has 0 aliphatic carbocycles. The lowest BCUT2D eigenvalue weighted by Gasteiger charge is -2.10. The molecule has 0 saturated heterocycles. The average Bonchev–Trinajstić information content (AvgIpc) is 2.59. The standard InChI is InChI=1S/C18H15F3N2O2S/c1-3-25-17(24)15-8-13(9-22)16(23-11(15)2)26-10-12-5-4-6-14(7-12)18(19,20)21/h4-8H,3,10H2,1-2H3. The van der Waals surface area contributed by atoms with Crippen LogP contribution in [0.15, 0.2) is 35.4 Å². The van der Waals surface area contributed by atoms with E-state index in [9.17, 15) is 23.2 Å². The SMILES string of the molecule is CCOC(=O)c1cc(C#N)c(SCc2cccc(C(F)(F)F)c2)nc1C. The molecule has 8 heteroatoms. The third kappa shape index (κ3) is 4.76. The highest BCUT2D eigenvalue weighted by atomic mass is 32.2. The summed E-state index contributed by atoms with van der Waals surface area (Å²) in [6, 6.07) is 8.35. The molecule has 0 saturated carbocycles. The molecule has 0 amide bonds. The number of esters is 1. The molecule has 0 radical (unpaired) electrons. The van der Waals surface area contributed by atoms with Crippen molar-refractivity contribution in [2.45, 2.75) is 30.8 Å². The number of carbonyl (C=O) groups is 1. The first-order valence-electron chi connectivity index (χ1n) is 7.64. The van der Waals surface area contributed by atoms with Crippen LogP contribution in [0.1, 0.15) is 39.7 Å². The number of pyridine rings is 1. The molecule has 0 aliphatic heterocycles. The smallest absolute Gasteiger partial charge is 0.416 e. The van der Waals surface area contributed by atoms with E-state index in [-0.39, 0.29) is 23.5 Å². The van der Waals surface area contributed by atoms with E-state index in [0.717, 1.165) is 23.9 Å². The third-order valence-electron chi connectivity index (χ3n) is 3.42. The molecule has 0 aliphatic rings. The maximum absolute atomic E-state index is 12.8. The summed E-state index contributed by atoms with van der Waals surface area (Å²) < 4.78 is 43.3. The Labute approximate surface area is 153 Å². The lowest BCUT2D eigenvalue weighted by atomic mass is 10.1. The molecule has 1 heterocycles. The van der Waals surface area contributed by atoms with Gasteiger partial charge in [-0.15, -0.1) is 11.8 Å². The molecule has 0 atom stereocenters. The van der Waals surface area contributed by atoms with Crippen LogP contribution in [0.2, 0.25) is 0 Å². The quantitative estimate of drug-likeness (QED) is 0.553. The minimum Gasteiger partial charge on any atom is -0.462 e. The van der Waals surface area contributed by atoms with E-state index in [1.807, 2.05) is 6.07 Å². The Balaban J connectivity index is 2.24. The van der Waals surface area contributed by atoms with Crippen LogP contribution in [-0.2, 0) is 16.7 Å². The van der Waals surface area contributed by atoms with Crippen molar-refractivity contribution in [3.8, 4) is 6.07 Å². The van der Waals surface area contributed by atoms with Crippen LogP contribution >= 0.6 is 11.8 Å². The minimum atomic E-state index is -4.41. The molecule has 2 aromatic rings. The molecule has 2 rings (SSSR count). The number of carbonyl (C=O) groups excluding carboxylic acids is 1. The number of rotatable bonds is 5. The molecule has 1 aromatic carbocycles. The Kier molecular flexibility index (Phi) is 6.27. The van der Waals surface area contributed by atoms with Crippen LogP contribution in [0.3, 0.4) is 0 Å². The molecular weight excluding hydrogens is 365 g/mol. The maximum Gasteiger partial charge on any atom is 0.416 e. The van der Waals surface area contributed by atoms with Gasteiger partial charge < -0.3 is 4.74 Å². The summed E-state index contributed by atoms with van der Waals surface area (Å²) in [6.07, 6.45) is -4.41. The van der Waals surface area contributed by atoms with Crippen molar-refractivity contribution in [2.24, 2.45) is 0 Å². The van der Waals surface area contributed by atoms with Crippen LogP contribution in [0, 0.1) is 18.3 Å². The lowest BCUT2D eigenvalue weighted by molar-refractivity contribution is -0.137. The largest absolute Gasteiger partial charge is 0.462 e. The topological polar surface area (TPSA) is 63.0 Å². The van der Waals surface area contributed by atoms with Gasteiger partial charge in [0.1, 0.15) is 11.1 Å². The van der Waals surface area contributed by atoms with Gasteiger partial charge in [-0.05, 0) is 31.5 Å². The van der Waals surface area contributed by atoms with Gasteiger partial charge in [0.15, 0.2) is 0 Å². The Morgan fingerprint density at radius 2 is 2.08 bits per heavy atom. The average molecular weight is 380 g/mol. The lowest BCUT2D eigenvalue weighted by Crippen LogP contribution is -2.09. The van der Waals surface area contributed by atoms with Crippen LogP contribution < -0.4 is 0 Å². The van der Waals surface area contributed by atoms with Crippen LogP contribution in [-0.4, -0.2) is 17.6 Å². The van der Waals surface area contributed by atoms with Crippen molar-refractivity contribution >= 4 is 17.7 Å². The fourth-order valence-electron chi connectivity index (χ4n) is 2.18. The number of halogens is 3. The third-order valence-corrected chi connectivity index (χ3v) is 4.49. The number of alkyl halides is 3. The molecule has 0 bridgehead atoms. The number of aryl methyl sites for hydroxylation is 1. The molecule has 136 valence electrons. The number of benzene rings is 1. The number of aromatic nitrogens is 1. The van der Waals surface area contributed by atoms with E-state index in [0.29, 0.717) is 16.3 Å². The van der Waals surface area contributed by atoms with Gasteiger partial charge in [-0.25, -0.2) is 9.78 Å². The van der Waals surface area contributed by atoms with Crippen LogP contribution in [0.4, 0.5) is 13.2 Å². The Morgan fingerprint density at radius 1 is 1.35 bits per heavy atom. The molecule has 0 fully saturated rings. The van der Waals surface area contributed by atoms with Gasteiger partial charge in [-0.1, -0.05) is 18.2 Å². The highest BCUT2D eigenvalue weighted by Crippen LogP contribution is 2.32. The fourth-order valence-corrected chi connectivity index (χ4v) is 3.12. The summed E-state index contributed by atoms with van der Waals surface area (Å²) in [5.41, 5.74) is 0.511. The van der Waals surface area contributed by atoms with Gasteiger partial charge in [-0.2, -0.15) is 18.4 Å². The molecule has 26 heavy (non-hydrogen) atoms. The molecule has 1 aromatic heterocycles. The normalized spacial score (nSPS) is 11.1. The highest BCUT2D eigenvalue weighted by Gasteiger charge is 2.30. The van der Waals surface area contributed by atoms with Crippen LogP contribution in [0.5, 0.6) is 0 Å². The maximum atomic E-state index is 12.8. The van der Waals surface area contributed by atoms with Crippen molar-refractivity contribution in [1.82, 2.24) is 4.98 Å². The fraction of sp³-hybridized carbons (Fsp3) is 0.278. The van der Waals surface area contributed by atoms with E-state index in [4.69, 9.17) is 4.74 Å². The number of hydrogen-bond acceptors (Lipinski definition) is 5. The zero-order chi connectivity index (χ0) is 19.3. The predicted molar refractivity (Wildman–Crippen MR) is 90.7 cm³/mol. The van der Waals surface area contributed by atoms with Crippen molar-refractivity contribution in [2.75, 3.05) is 6.61 Å². The van der Waals surface area contributed by atoms with Gasteiger partial charge in [0.05, 0.1) is 29.0 Å². The first-order chi connectivity index (χ1) is 12.3. The Morgan fingerprint density at radius 3 is 2.69 bits per heavy atom. The van der Waals surface area contributed by atoms with Crippen molar-refractivity contribution in [3.05, 3.63) is 58.3 Å². The first-order valence-corrected chi connectivity index (χ1v) is 8.62. The number of nitrogens with zero attached hydrogens (tertiary/aromatic N) is 2. The molecule has 0 spiro atoms. The van der Waals surface area contributed by atoms with Gasteiger partial charge in [0.2, 0.25) is 0 Å². The monoisotopic (exact) mass is 380 g/mol. The first kappa shape index (κ1) is 19.8. The summed E-state index contributed by atoms with van der Waals surface area (Å²) in [5, 5.41) is 9.65. The summed E-state index contributed by atoms with van der Waals surface area (Å²) in [4.78, 5) is 16.1. The van der Waals surface area contributed by atoms with E-state index in [2.05, 4.69) is 4.98 Å². The second-order valence-electron chi connectivity index (χ2n) is 5.29. The number of ether oxygens (including phenoxy) is 1. The van der Waals surface area contributed by atoms with E-state index < -0.39 is 17.7 Å². The highest BCUT2D eigenvalue weighted by molar-refractivity contribution is 7.98. The van der Waals surface area contributed by atoms with Gasteiger partial charge in [0.25, 0.3) is 0 Å². The molecule has 0 unspecified atom stereocenters. The summed E-state index contributed by atoms with van der Waals surface area (Å²) >= 11 is 1.14. The number of thioether (sulfide) groups is 1. The van der Waals surface area contributed by atoms with Gasteiger partial charge >= 0.3 is 12.1 Å². The summed E-state index contributed by atoms with van der Waals surface area (Å²) in [7, 11) is 0. The number of nitriles is 1. The van der Waals surface area contributed by atoms with Gasteiger partial charge in [-0.3, -0.25) is 0 Å². The predicted octanol–water partition coefficient (Wildman–Crippen LogP) is 4.75. The Bertz CT molecular complexity index is 860. The van der Waals surface area contributed by atoms with E-state index in [1.54, 1.807) is 19.9 Å². The Hall–Kier alpha value is -2.53. The molecule has 0 N–H and O–H groups in total. The zero-order valence-electron chi connectivity index (χ0n) is 14.1. The van der Waals surface area contributed by atoms with Gasteiger partial charge in [0, 0.05) is 5.75 Å². The van der Waals surface area contributed by atoms with E-state index >= 15 is 0 Å². The second-order valence-corrected chi connectivity index (χ2v) is 6.26. The minimum absolute atomic E-state index is 0.177. The van der Waals surface area contributed by atoms with Crippen LogP contribution in [0.25, 0.3) is 0 Å². The zero-order valence-corrected chi connectivity index (χ0v) is 14.9. The van der Waals surface area contributed by atoms with Crippen molar-refractivity contribution in [3.63, 3.8) is 0 Å². The van der Waals surface area contributed by atoms with Crippen molar-refractivity contribution in [1.29, 1.82) is 5.26 Å². The summed E-state index contributed by atoms with van der Waals surface area (Å²) in [5.74, 6) is -0.354. The number of hydrogen-bond donors (Lipinski definition) is 0. The molecule has 4 nitrogen and oxygen atoms in total. The van der Waals surface area contributed by atoms with E-state index in [1.165, 1.54) is 12.1 Å². The van der Waals surface area contributed by atoms with Crippen molar-refractivity contribution < 1.29 is 22.7 Å². The molecular formula is C18H15F3N2O2S.